The van der Waals surface area contributed by atoms with Gasteiger partial charge in [-0.25, -0.2) is 4.39 Å². The summed E-state index contributed by atoms with van der Waals surface area (Å²) in [6.07, 6.45) is 0. The largest absolute Gasteiger partial charge is 0.455 e. The average molecular weight is 380 g/mol. The molecule has 0 saturated carbocycles. The van der Waals surface area contributed by atoms with Crippen LogP contribution >= 0.6 is 0 Å². The van der Waals surface area contributed by atoms with E-state index in [0.29, 0.717) is 22.7 Å². The highest BCUT2D eigenvalue weighted by Gasteiger charge is 2.20. The third kappa shape index (κ3) is 4.50. The van der Waals surface area contributed by atoms with Crippen LogP contribution in [0.1, 0.15) is 5.56 Å². The number of nitrogens with zero attached hydrogens (tertiary/aromatic N) is 2. The van der Waals surface area contributed by atoms with Crippen molar-refractivity contribution in [2.75, 3.05) is 11.6 Å². The van der Waals surface area contributed by atoms with Crippen LogP contribution in [-0.2, 0) is 11.3 Å². The lowest BCUT2D eigenvalue weighted by Gasteiger charge is -2.24. The molecule has 0 atom stereocenters. The van der Waals surface area contributed by atoms with Crippen LogP contribution in [0.3, 0.4) is 0 Å². The summed E-state index contributed by atoms with van der Waals surface area (Å²) in [5, 5.41) is 10.8. The van der Waals surface area contributed by atoms with Gasteiger partial charge >= 0.3 is 0 Å². The van der Waals surface area contributed by atoms with E-state index in [9.17, 15) is 19.3 Å². The number of non-ortho nitro benzene ring substituents is 1. The van der Waals surface area contributed by atoms with Gasteiger partial charge in [0.05, 0.1) is 17.2 Å². The van der Waals surface area contributed by atoms with Crippen molar-refractivity contribution >= 4 is 17.3 Å². The third-order valence-electron chi connectivity index (χ3n) is 4.03. The SMILES string of the molecule is O=C(CF)N(Cc1ccc([N+](=O)[O-])cc1)c1ccccc1Oc1ccccc1. The third-order valence-corrected chi connectivity index (χ3v) is 4.03. The number of alkyl halides is 1. The highest BCUT2D eigenvalue weighted by atomic mass is 19.1. The number of benzene rings is 3. The molecule has 7 heteroatoms. The minimum Gasteiger partial charge on any atom is -0.455 e. The first-order valence-corrected chi connectivity index (χ1v) is 8.50. The zero-order valence-corrected chi connectivity index (χ0v) is 14.8. The van der Waals surface area contributed by atoms with E-state index in [1.165, 1.54) is 29.2 Å². The second kappa shape index (κ2) is 8.77. The monoisotopic (exact) mass is 380 g/mol. The summed E-state index contributed by atoms with van der Waals surface area (Å²) in [5.41, 5.74) is 0.981. The number of carbonyl (C=O) groups is 1. The predicted molar refractivity (Wildman–Crippen MR) is 103 cm³/mol. The molecule has 1 amide bonds. The minimum atomic E-state index is -1.17. The minimum absolute atomic E-state index is 0.0515. The molecule has 0 aliphatic rings. The molecule has 0 unspecified atom stereocenters. The van der Waals surface area contributed by atoms with Crippen LogP contribution < -0.4 is 9.64 Å². The molecule has 0 saturated heterocycles. The van der Waals surface area contributed by atoms with Crippen LogP contribution in [0.4, 0.5) is 15.8 Å². The van der Waals surface area contributed by atoms with E-state index in [0.717, 1.165) is 0 Å². The van der Waals surface area contributed by atoms with Crippen LogP contribution in [0.15, 0.2) is 78.9 Å². The van der Waals surface area contributed by atoms with Crippen molar-refractivity contribution in [2.45, 2.75) is 6.54 Å². The fourth-order valence-corrected chi connectivity index (χ4v) is 2.67. The Morgan fingerprint density at radius 2 is 1.61 bits per heavy atom. The number of hydrogen-bond acceptors (Lipinski definition) is 4. The molecular formula is C21H17FN2O4. The Labute approximate surface area is 160 Å². The van der Waals surface area contributed by atoms with Crippen molar-refractivity contribution in [1.82, 2.24) is 0 Å². The molecule has 3 aromatic carbocycles. The first-order chi connectivity index (χ1) is 13.6. The van der Waals surface area contributed by atoms with E-state index in [2.05, 4.69) is 0 Å². The summed E-state index contributed by atoms with van der Waals surface area (Å²) in [4.78, 5) is 23.8. The molecule has 0 aromatic heterocycles. The summed E-state index contributed by atoms with van der Waals surface area (Å²) < 4.78 is 19.1. The van der Waals surface area contributed by atoms with Crippen molar-refractivity contribution in [3.05, 3.63) is 94.5 Å². The van der Waals surface area contributed by atoms with Gasteiger partial charge in [-0.15, -0.1) is 0 Å². The van der Waals surface area contributed by atoms with Gasteiger partial charge in [0.1, 0.15) is 5.75 Å². The average Bonchev–Trinajstić information content (AvgIpc) is 2.73. The number of carbonyl (C=O) groups excluding carboxylic acids is 1. The predicted octanol–water partition coefficient (Wildman–Crippen LogP) is 4.89. The van der Waals surface area contributed by atoms with Crippen LogP contribution in [0.25, 0.3) is 0 Å². The summed E-state index contributed by atoms with van der Waals surface area (Å²) >= 11 is 0. The number of anilines is 1. The van der Waals surface area contributed by atoms with Gasteiger partial charge < -0.3 is 9.64 Å². The Morgan fingerprint density at radius 1 is 0.964 bits per heavy atom. The van der Waals surface area contributed by atoms with Gasteiger partial charge in [-0.3, -0.25) is 14.9 Å². The topological polar surface area (TPSA) is 72.7 Å². The molecule has 6 nitrogen and oxygen atoms in total. The second-order valence-corrected chi connectivity index (χ2v) is 5.92. The van der Waals surface area contributed by atoms with Crippen molar-refractivity contribution in [3.63, 3.8) is 0 Å². The molecule has 0 heterocycles. The van der Waals surface area contributed by atoms with E-state index >= 15 is 0 Å². The molecule has 0 spiro atoms. The molecule has 0 fully saturated rings. The van der Waals surface area contributed by atoms with Gasteiger partial charge in [0.25, 0.3) is 11.6 Å². The lowest BCUT2D eigenvalue weighted by atomic mass is 10.1. The normalized spacial score (nSPS) is 10.3. The second-order valence-electron chi connectivity index (χ2n) is 5.92. The van der Waals surface area contributed by atoms with Crippen LogP contribution in [0, 0.1) is 10.1 Å². The molecule has 142 valence electrons. The zero-order chi connectivity index (χ0) is 19.9. The molecule has 0 radical (unpaired) electrons. The Hall–Kier alpha value is -3.74. The first kappa shape index (κ1) is 19.0. The molecule has 0 N–H and O–H groups in total. The lowest BCUT2D eigenvalue weighted by Crippen LogP contribution is -2.31. The molecule has 3 rings (SSSR count). The lowest BCUT2D eigenvalue weighted by molar-refractivity contribution is -0.384. The maximum absolute atomic E-state index is 13.2. The van der Waals surface area contributed by atoms with E-state index in [4.69, 9.17) is 4.74 Å². The van der Waals surface area contributed by atoms with E-state index < -0.39 is 17.5 Å². The summed E-state index contributed by atoms with van der Waals surface area (Å²) in [6, 6.07) is 21.6. The molecule has 3 aromatic rings. The maximum Gasteiger partial charge on any atom is 0.269 e. The fraction of sp³-hybridized carbons (Fsp3) is 0.0952. The quantitative estimate of drug-likeness (QED) is 0.432. The molecule has 0 aliphatic heterocycles. The Bertz CT molecular complexity index is 962. The number of hydrogen-bond donors (Lipinski definition) is 0. The van der Waals surface area contributed by atoms with Gasteiger partial charge in [-0.1, -0.05) is 42.5 Å². The number of amides is 1. The highest BCUT2D eigenvalue weighted by molar-refractivity contribution is 5.95. The number of nitro benzene ring substituents is 1. The van der Waals surface area contributed by atoms with Gasteiger partial charge in [0, 0.05) is 12.1 Å². The summed E-state index contributed by atoms with van der Waals surface area (Å²) in [7, 11) is 0. The zero-order valence-electron chi connectivity index (χ0n) is 14.8. The molecular weight excluding hydrogens is 363 g/mol. The maximum atomic E-state index is 13.2. The van der Waals surface area contributed by atoms with Crippen LogP contribution in [0.2, 0.25) is 0 Å². The van der Waals surface area contributed by atoms with Gasteiger partial charge in [-0.2, -0.15) is 0 Å². The van der Waals surface area contributed by atoms with E-state index in [-0.39, 0.29) is 12.2 Å². The number of rotatable bonds is 7. The van der Waals surface area contributed by atoms with Crippen LogP contribution in [-0.4, -0.2) is 17.5 Å². The van der Waals surface area contributed by atoms with Crippen molar-refractivity contribution in [3.8, 4) is 11.5 Å². The van der Waals surface area contributed by atoms with Crippen molar-refractivity contribution in [1.29, 1.82) is 0 Å². The number of ether oxygens (including phenoxy) is 1. The van der Waals surface area contributed by atoms with Crippen molar-refractivity contribution < 1.29 is 18.8 Å². The van der Waals surface area contributed by atoms with Gasteiger partial charge in [0.15, 0.2) is 12.4 Å². The van der Waals surface area contributed by atoms with Gasteiger partial charge in [-0.05, 0) is 29.8 Å². The van der Waals surface area contributed by atoms with E-state index in [1.807, 2.05) is 18.2 Å². The standard InChI is InChI=1S/C21H17FN2O4/c22-14-21(25)23(15-16-10-12-17(13-11-16)24(26)27)19-8-4-5-9-20(19)28-18-6-2-1-3-7-18/h1-13H,14-15H2. The van der Waals surface area contributed by atoms with Crippen LogP contribution in [0.5, 0.6) is 11.5 Å². The summed E-state index contributed by atoms with van der Waals surface area (Å²) in [6.45, 7) is -1.12. The number of nitro groups is 1. The molecule has 0 aliphatic carbocycles. The van der Waals surface area contributed by atoms with Gasteiger partial charge in [0.2, 0.25) is 0 Å². The molecule has 28 heavy (non-hydrogen) atoms. The fourth-order valence-electron chi connectivity index (χ4n) is 2.67. The smallest absolute Gasteiger partial charge is 0.269 e. The van der Waals surface area contributed by atoms with Crippen molar-refractivity contribution in [2.24, 2.45) is 0 Å². The highest BCUT2D eigenvalue weighted by Crippen LogP contribution is 2.33. The Balaban J connectivity index is 1.92. The Morgan fingerprint density at radius 3 is 2.25 bits per heavy atom. The first-order valence-electron chi connectivity index (χ1n) is 8.50. The number of halogens is 1. The number of para-hydroxylation sites is 3. The Kier molecular flexibility index (Phi) is 5.96. The van der Waals surface area contributed by atoms with E-state index in [1.54, 1.807) is 36.4 Å². The summed E-state index contributed by atoms with van der Waals surface area (Å²) in [5.74, 6) is 0.248. The molecule has 0 bridgehead atoms.